The molecule has 0 saturated heterocycles. The van der Waals surface area contributed by atoms with Crippen LogP contribution in [0, 0.1) is 0 Å². The van der Waals surface area contributed by atoms with Gasteiger partial charge < -0.3 is 9.73 Å². The van der Waals surface area contributed by atoms with Gasteiger partial charge in [0.25, 0.3) is 0 Å². The highest BCUT2D eigenvalue weighted by atomic mass is 16.3. The lowest BCUT2D eigenvalue weighted by Gasteiger charge is -2.24. The Balaban J connectivity index is 1.20. The number of hydrogen-bond acceptors (Lipinski definition) is 4. The van der Waals surface area contributed by atoms with Gasteiger partial charge in [-0.15, -0.1) is 0 Å². The molecule has 8 aromatic carbocycles. The van der Waals surface area contributed by atoms with Gasteiger partial charge >= 0.3 is 0 Å². The lowest BCUT2D eigenvalue weighted by Crippen LogP contribution is -2.33. The summed E-state index contributed by atoms with van der Waals surface area (Å²) < 4.78 is 6.91. The molecule has 0 fully saturated rings. The van der Waals surface area contributed by atoms with Crippen molar-refractivity contribution < 1.29 is 4.42 Å². The average Bonchev–Trinajstić information content (AvgIpc) is 3.66. The van der Waals surface area contributed by atoms with Gasteiger partial charge in [-0.3, -0.25) is 0 Å². The Kier molecular flexibility index (Phi) is 8.19. The van der Waals surface area contributed by atoms with Crippen molar-refractivity contribution >= 4 is 33.6 Å². The number of benzene rings is 8. The van der Waals surface area contributed by atoms with Gasteiger partial charge in [0.15, 0.2) is 5.84 Å². The summed E-state index contributed by atoms with van der Waals surface area (Å²) >= 11 is 0. The molecule has 260 valence electrons. The van der Waals surface area contributed by atoms with E-state index in [1.165, 1.54) is 16.7 Å². The maximum absolute atomic E-state index is 6.91. The molecule has 1 unspecified atom stereocenters. The van der Waals surface area contributed by atoms with Crippen molar-refractivity contribution in [1.82, 2.24) is 5.32 Å². The van der Waals surface area contributed by atoms with E-state index in [1.807, 2.05) is 36.4 Å². The van der Waals surface area contributed by atoms with Gasteiger partial charge in [-0.25, -0.2) is 9.98 Å². The molecule has 1 aliphatic rings. The van der Waals surface area contributed by atoms with Crippen LogP contribution in [0.25, 0.3) is 66.4 Å². The minimum atomic E-state index is -0.315. The number of amidine groups is 2. The molecule has 0 amide bonds. The molecule has 0 radical (unpaired) electrons. The first kappa shape index (κ1) is 32.4. The van der Waals surface area contributed by atoms with Crippen molar-refractivity contribution in [2.45, 2.75) is 6.17 Å². The number of fused-ring (bicyclic) bond motifs is 3. The fraction of sp³-hybridized carbons (Fsp3) is 0.0196. The summed E-state index contributed by atoms with van der Waals surface area (Å²) in [5, 5.41) is 5.73. The number of nitrogens with zero attached hydrogens (tertiary/aromatic N) is 2. The van der Waals surface area contributed by atoms with Crippen LogP contribution in [0.4, 0.5) is 0 Å². The molecule has 1 aliphatic heterocycles. The van der Waals surface area contributed by atoms with Gasteiger partial charge in [-0.1, -0.05) is 170 Å². The molecule has 0 saturated carbocycles. The minimum Gasteiger partial charge on any atom is -0.455 e. The summed E-state index contributed by atoms with van der Waals surface area (Å²) in [5.74, 6) is 1.44. The number of furan rings is 1. The summed E-state index contributed by atoms with van der Waals surface area (Å²) in [6.07, 6.45) is -0.315. The zero-order valence-corrected chi connectivity index (χ0v) is 29.9. The fourth-order valence-corrected chi connectivity index (χ4v) is 7.62. The molecule has 1 aromatic heterocycles. The highest BCUT2D eigenvalue weighted by Crippen LogP contribution is 2.42. The van der Waals surface area contributed by atoms with Crippen molar-refractivity contribution in [2.24, 2.45) is 9.98 Å². The van der Waals surface area contributed by atoms with Crippen LogP contribution in [0.5, 0.6) is 0 Å². The van der Waals surface area contributed by atoms with Crippen LogP contribution in [0.2, 0.25) is 0 Å². The van der Waals surface area contributed by atoms with E-state index in [1.54, 1.807) is 0 Å². The van der Waals surface area contributed by atoms with E-state index in [4.69, 9.17) is 14.4 Å². The summed E-state index contributed by atoms with van der Waals surface area (Å²) in [4.78, 5) is 10.3. The number of hydrogen-bond donors (Lipinski definition) is 1. The lowest BCUT2D eigenvalue weighted by atomic mass is 9.92. The van der Waals surface area contributed by atoms with Crippen LogP contribution in [0.15, 0.2) is 215 Å². The third-order valence-corrected chi connectivity index (χ3v) is 10.3. The van der Waals surface area contributed by atoms with Gasteiger partial charge in [-0.2, -0.15) is 0 Å². The molecule has 2 heterocycles. The lowest BCUT2D eigenvalue weighted by molar-refractivity contribution is 0.668. The highest BCUT2D eigenvalue weighted by molar-refractivity contribution is 6.23. The highest BCUT2D eigenvalue weighted by Gasteiger charge is 2.25. The van der Waals surface area contributed by atoms with E-state index in [-0.39, 0.29) is 6.17 Å². The van der Waals surface area contributed by atoms with E-state index in [0.29, 0.717) is 5.84 Å². The summed E-state index contributed by atoms with van der Waals surface area (Å²) in [5.41, 5.74) is 13.7. The first-order chi connectivity index (χ1) is 27.2. The zero-order valence-electron chi connectivity index (χ0n) is 29.9. The predicted molar refractivity (Wildman–Crippen MR) is 227 cm³/mol. The molecule has 4 heteroatoms. The van der Waals surface area contributed by atoms with Crippen LogP contribution in [-0.4, -0.2) is 11.7 Å². The standard InChI is InChI=1S/C51H35N3O/c1-5-16-34(17-6-1)38-24-13-26-40(30-38)42-32-44(41-27-14-25-39(31-41)35-18-7-2-8-19-35)48-45(33-42)47-43(28-15-29-46(47)55-48)51-53-49(36-20-9-3-10-21-36)52-50(54-51)37-22-11-4-12-23-37/h1-33,49H,(H,52,53,54). The first-order valence-corrected chi connectivity index (χ1v) is 18.6. The normalized spacial score (nSPS) is 14.0. The second-order valence-corrected chi connectivity index (χ2v) is 13.8. The van der Waals surface area contributed by atoms with Crippen molar-refractivity contribution in [3.63, 3.8) is 0 Å². The first-order valence-electron chi connectivity index (χ1n) is 18.6. The number of rotatable bonds is 7. The van der Waals surface area contributed by atoms with Gasteiger partial charge in [-0.05, 0) is 74.8 Å². The topological polar surface area (TPSA) is 49.9 Å². The van der Waals surface area contributed by atoms with Crippen molar-refractivity contribution in [1.29, 1.82) is 0 Å². The molecule has 10 rings (SSSR count). The van der Waals surface area contributed by atoms with Gasteiger partial charge in [0.2, 0.25) is 0 Å². The summed E-state index contributed by atoms with van der Waals surface area (Å²) in [6.45, 7) is 0. The Morgan fingerprint density at radius 3 is 1.60 bits per heavy atom. The molecular formula is C51H35N3O. The van der Waals surface area contributed by atoms with Gasteiger partial charge in [0.05, 0.1) is 0 Å². The van der Waals surface area contributed by atoms with Crippen molar-refractivity contribution in [3.8, 4) is 44.5 Å². The second-order valence-electron chi connectivity index (χ2n) is 13.8. The maximum Gasteiger partial charge on any atom is 0.159 e. The van der Waals surface area contributed by atoms with Crippen molar-refractivity contribution in [3.05, 3.63) is 217 Å². The van der Waals surface area contributed by atoms with E-state index in [0.717, 1.165) is 72.3 Å². The van der Waals surface area contributed by atoms with Crippen LogP contribution < -0.4 is 5.32 Å². The van der Waals surface area contributed by atoms with E-state index < -0.39 is 0 Å². The van der Waals surface area contributed by atoms with E-state index in [2.05, 4.69) is 169 Å². The molecule has 1 atom stereocenters. The Hall–Kier alpha value is -7.30. The SMILES string of the molecule is c1ccc(C2=NC(c3ccccc3)NC(c3cccc4oc5c(-c6cccc(-c7ccccc7)c6)cc(-c6cccc(-c7ccccc7)c6)cc5c34)=N2)cc1. The molecule has 1 N–H and O–H groups in total. The van der Waals surface area contributed by atoms with Crippen molar-refractivity contribution in [2.75, 3.05) is 0 Å². The Bertz CT molecular complexity index is 2880. The quantitative estimate of drug-likeness (QED) is 0.179. The number of nitrogens with one attached hydrogen (secondary N) is 1. The Morgan fingerprint density at radius 2 is 0.945 bits per heavy atom. The third-order valence-electron chi connectivity index (χ3n) is 10.3. The predicted octanol–water partition coefficient (Wildman–Crippen LogP) is 12.7. The smallest absolute Gasteiger partial charge is 0.159 e. The average molecular weight is 706 g/mol. The monoisotopic (exact) mass is 705 g/mol. The summed E-state index contributed by atoms with van der Waals surface area (Å²) in [6, 6.07) is 70.0. The minimum absolute atomic E-state index is 0.315. The zero-order chi connectivity index (χ0) is 36.6. The third kappa shape index (κ3) is 6.20. The summed E-state index contributed by atoms with van der Waals surface area (Å²) in [7, 11) is 0. The van der Waals surface area contributed by atoms with E-state index >= 15 is 0 Å². The molecular weight excluding hydrogens is 671 g/mol. The molecule has 9 aromatic rings. The maximum atomic E-state index is 6.91. The van der Waals surface area contributed by atoms with Gasteiger partial charge in [0.1, 0.15) is 23.2 Å². The van der Waals surface area contributed by atoms with Crippen LogP contribution >= 0.6 is 0 Å². The molecule has 0 aliphatic carbocycles. The van der Waals surface area contributed by atoms with Crippen LogP contribution in [0.1, 0.15) is 22.9 Å². The van der Waals surface area contributed by atoms with Crippen LogP contribution in [-0.2, 0) is 0 Å². The van der Waals surface area contributed by atoms with E-state index in [9.17, 15) is 0 Å². The Morgan fingerprint density at radius 1 is 0.418 bits per heavy atom. The molecule has 0 bridgehead atoms. The molecule has 0 spiro atoms. The fourth-order valence-electron chi connectivity index (χ4n) is 7.62. The van der Waals surface area contributed by atoms with Crippen LogP contribution in [0.3, 0.4) is 0 Å². The molecule has 55 heavy (non-hydrogen) atoms. The Labute approximate surface area is 319 Å². The molecule has 4 nitrogen and oxygen atoms in total. The number of aliphatic imine (C=N–C) groups is 2. The van der Waals surface area contributed by atoms with Gasteiger partial charge in [0, 0.05) is 27.5 Å². The second kappa shape index (κ2) is 13.9. The largest absolute Gasteiger partial charge is 0.455 e.